The van der Waals surface area contributed by atoms with Gasteiger partial charge in [-0.1, -0.05) is 13.8 Å². The standard InChI is InChI=1S/C29H55N2O7/c1-13-27(4,5)24(33)37-18-19-38-25(34)28(6,7)20-22(23(32)30(9)10)21-29(8,14-2)26(35)36-17-16-31(11,12)15-3/h22H,13-21H2,1-12H3/q+1. The average Bonchev–Trinajstić information content (AvgIpc) is 2.84. The zero-order valence-electron chi connectivity index (χ0n) is 26.2. The molecule has 0 bridgehead atoms. The van der Waals surface area contributed by atoms with Gasteiger partial charge in [0.25, 0.3) is 0 Å². The van der Waals surface area contributed by atoms with Crippen molar-refractivity contribution in [3.8, 4) is 0 Å². The number of carbonyl (C=O) groups is 4. The molecule has 0 rings (SSSR count). The summed E-state index contributed by atoms with van der Waals surface area (Å²) in [6, 6.07) is 0. The molecule has 0 aliphatic heterocycles. The van der Waals surface area contributed by atoms with Crippen molar-refractivity contribution in [1.29, 1.82) is 0 Å². The fourth-order valence-corrected chi connectivity index (χ4v) is 3.75. The Hall–Kier alpha value is -2.16. The van der Waals surface area contributed by atoms with Gasteiger partial charge in [-0.15, -0.1) is 0 Å². The van der Waals surface area contributed by atoms with Gasteiger partial charge < -0.3 is 23.6 Å². The van der Waals surface area contributed by atoms with E-state index in [1.54, 1.807) is 41.8 Å². The maximum Gasteiger partial charge on any atom is 0.312 e. The average molecular weight is 544 g/mol. The molecule has 0 spiro atoms. The minimum atomic E-state index is -0.996. The molecule has 2 atom stereocenters. The van der Waals surface area contributed by atoms with Crippen molar-refractivity contribution in [1.82, 2.24) is 4.90 Å². The van der Waals surface area contributed by atoms with E-state index in [-0.39, 0.29) is 43.9 Å². The number of esters is 3. The molecule has 2 unspecified atom stereocenters. The molecule has 0 aromatic carbocycles. The maximum atomic E-state index is 13.2. The molecule has 38 heavy (non-hydrogen) atoms. The molecule has 222 valence electrons. The Balaban J connectivity index is 5.37. The van der Waals surface area contributed by atoms with E-state index in [0.29, 0.717) is 26.0 Å². The van der Waals surface area contributed by atoms with E-state index < -0.39 is 28.1 Å². The van der Waals surface area contributed by atoms with Crippen LogP contribution in [0.15, 0.2) is 0 Å². The third-order valence-corrected chi connectivity index (χ3v) is 7.84. The third-order valence-electron chi connectivity index (χ3n) is 7.84. The van der Waals surface area contributed by atoms with Crippen LogP contribution in [0.1, 0.15) is 81.1 Å². The van der Waals surface area contributed by atoms with E-state index in [0.717, 1.165) is 11.0 Å². The second-order valence-electron chi connectivity index (χ2n) is 12.8. The molecule has 0 aromatic rings. The van der Waals surface area contributed by atoms with Crippen molar-refractivity contribution in [3.05, 3.63) is 0 Å². The number of nitrogens with zero attached hydrogens (tertiary/aromatic N) is 2. The van der Waals surface area contributed by atoms with E-state index in [9.17, 15) is 19.2 Å². The first-order valence-corrected chi connectivity index (χ1v) is 13.8. The van der Waals surface area contributed by atoms with Crippen LogP contribution >= 0.6 is 0 Å². The van der Waals surface area contributed by atoms with Crippen LogP contribution in [0.5, 0.6) is 0 Å². The van der Waals surface area contributed by atoms with E-state index in [1.165, 1.54) is 4.90 Å². The first-order chi connectivity index (χ1) is 17.3. The van der Waals surface area contributed by atoms with Gasteiger partial charge >= 0.3 is 17.9 Å². The molecule has 0 saturated heterocycles. The minimum Gasteiger partial charge on any atom is -0.462 e. The number of rotatable bonds is 17. The smallest absolute Gasteiger partial charge is 0.312 e. The number of hydrogen-bond donors (Lipinski definition) is 0. The first kappa shape index (κ1) is 35.8. The predicted octanol–water partition coefficient (Wildman–Crippen LogP) is 4.08. The van der Waals surface area contributed by atoms with E-state index >= 15 is 0 Å². The third kappa shape index (κ3) is 11.3. The van der Waals surface area contributed by atoms with E-state index in [4.69, 9.17) is 14.2 Å². The summed E-state index contributed by atoms with van der Waals surface area (Å²) in [5.41, 5.74) is -2.47. The SMILES string of the molecule is CCC(C)(C)C(=O)OCCOC(=O)C(C)(C)CC(CC(C)(CC)C(=O)OCC[N+](C)(C)CC)C(=O)N(C)C. The van der Waals surface area contributed by atoms with E-state index in [2.05, 4.69) is 21.0 Å². The van der Waals surface area contributed by atoms with Gasteiger partial charge in [0.2, 0.25) is 5.91 Å². The zero-order chi connectivity index (χ0) is 29.9. The van der Waals surface area contributed by atoms with Crippen molar-refractivity contribution in [2.75, 3.05) is 61.1 Å². The lowest BCUT2D eigenvalue weighted by Gasteiger charge is -2.35. The van der Waals surface area contributed by atoms with Crippen LogP contribution < -0.4 is 0 Å². The quantitative estimate of drug-likeness (QED) is 0.118. The predicted molar refractivity (Wildman–Crippen MR) is 148 cm³/mol. The van der Waals surface area contributed by atoms with Gasteiger partial charge in [-0.05, 0) is 67.2 Å². The number of carbonyl (C=O) groups excluding carboxylic acids is 4. The Kier molecular flexibility index (Phi) is 14.0. The van der Waals surface area contributed by atoms with Crippen LogP contribution in [-0.4, -0.2) is 94.3 Å². The molecule has 0 fully saturated rings. The summed E-state index contributed by atoms with van der Waals surface area (Å²) < 4.78 is 17.1. The van der Waals surface area contributed by atoms with Crippen molar-refractivity contribution in [3.63, 3.8) is 0 Å². The number of ether oxygens (including phenoxy) is 3. The van der Waals surface area contributed by atoms with Gasteiger partial charge in [0.15, 0.2) is 0 Å². The summed E-state index contributed by atoms with van der Waals surface area (Å²) in [5.74, 6) is -1.89. The summed E-state index contributed by atoms with van der Waals surface area (Å²) in [5, 5.41) is 0. The van der Waals surface area contributed by atoms with Gasteiger partial charge in [-0.2, -0.15) is 0 Å². The molecular formula is C29H55N2O7+. The monoisotopic (exact) mass is 543 g/mol. The molecule has 0 radical (unpaired) electrons. The lowest BCUT2D eigenvalue weighted by atomic mass is 9.72. The Bertz CT molecular complexity index is 805. The second-order valence-corrected chi connectivity index (χ2v) is 12.8. The van der Waals surface area contributed by atoms with Crippen molar-refractivity contribution in [2.24, 2.45) is 22.2 Å². The fraction of sp³-hybridized carbons (Fsp3) is 0.862. The van der Waals surface area contributed by atoms with Crippen molar-refractivity contribution >= 4 is 23.8 Å². The van der Waals surface area contributed by atoms with Crippen LogP contribution in [0.2, 0.25) is 0 Å². The fourth-order valence-electron chi connectivity index (χ4n) is 3.75. The molecule has 0 N–H and O–H groups in total. The highest BCUT2D eigenvalue weighted by atomic mass is 16.6. The topological polar surface area (TPSA) is 99.2 Å². The van der Waals surface area contributed by atoms with Crippen molar-refractivity contribution in [2.45, 2.75) is 81.1 Å². The normalized spacial score (nSPS) is 14.7. The van der Waals surface area contributed by atoms with Crippen LogP contribution in [-0.2, 0) is 33.4 Å². The molecule has 0 aliphatic carbocycles. The summed E-state index contributed by atoms with van der Waals surface area (Å²) in [4.78, 5) is 52.9. The van der Waals surface area contributed by atoms with Crippen LogP contribution in [0.3, 0.4) is 0 Å². The summed E-state index contributed by atoms with van der Waals surface area (Å²) >= 11 is 0. The van der Waals surface area contributed by atoms with Crippen molar-refractivity contribution < 1.29 is 37.9 Å². The van der Waals surface area contributed by atoms with Gasteiger partial charge in [0.1, 0.15) is 26.4 Å². The molecular weight excluding hydrogens is 488 g/mol. The van der Waals surface area contributed by atoms with Gasteiger partial charge in [0, 0.05) is 20.0 Å². The van der Waals surface area contributed by atoms with Gasteiger partial charge in [0.05, 0.1) is 36.9 Å². The summed E-state index contributed by atoms with van der Waals surface area (Å²) in [7, 11) is 7.49. The van der Waals surface area contributed by atoms with Gasteiger partial charge in [-0.3, -0.25) is 19.2 Å². The Morgan fingerprint density at radius 1 is 0.711 bits per heavy atom. The number of quaternary nitrogens is 1. The Morgan fingerprint density at radius 3 is 1.61 bits per heavy atom. The summed E-state index contributed by atoms with van der Waals surface area (Å²) in [6.07, 6.45) is 1.60. The Labute approximate surface area is 231 Å². The molecule has 0 aromatic heterocycles. The number of likely N-dealkylation sites (N-methyl/N-ethyl adjacent to an activating group) is 1. The second kappa shape index (κ2) is 14.8. The minimum absolute atomic E-state index is 0.0303. The zero-order valence-corrected chi connectivity index (χ0v) is 26.2. The molecule has 0 aliphatic rings. The largest absolute Gasteiger partial charge is 0.462 e. The molecule has 1 amide bonds. The molecule has 9 heteroatoms. The van der Waals surface area contributed by atoms with Crippen LogP contribution in [0.25, 0.3) is 0 Å². The maximum absolute atomic E-state index is 13.2. The first-order valence-electron chi connectivity index (χ1n) is 13.8. The van der Waals surface area contributed by atoms with E-state index in [1.807, 2.05) is 20.8 Å². The van der Waals surface area contributed by atoms with Crippen LogP contribution in [0, 0.1) is 22.2 Å². The number of hydrogen-bond acceptors (Lipinski definition) is 7. The lowest BCUT2D eigenvalue weighted by Crippen LogP contribution is -2.44. The van der Waals surface area contributed by atoms with Crippen LogP contribution in [0.4, 0.5) is 0 Å². The lowest BCUT2D eigenvalue weighted by molar-refractivity contribution is -0.888. The summed E-state index contributed by atoms with van der Waals surface area (Å²) in [6.45, 7) is 16.6. The Morgan fingerprint density at radius 2 is 1.18 bits per heavy atom. The molecule has 0 heterocycles. The van der Waals surface area contributed by atoms with Gasteiger partial charge in [-0.25, -0.2) is 0 Å². The number of amides is 1. The highest BCUT2D eigenvalue weighted by Crippen LogP contribution is 2.38. The highest BCUT2D eigenvalue weighted by Gasteiger charge is 2.42. The molecule has 0 saturated carbocycles. The molecule has 9 nitrogen and oxygen atoms in total. The highest BCUT2D eigenvalue weighted by molar-refractivity contribution is 5.83.